The fourth-order valence-corrected chi connectivity index (χ4v) is 2.33. The van der Waals surface area contributed by atoms with Gasteiger partial charge < -0.3 is 0 Å². The van der Waals surface area contributed by atoms with Crippen LogP contribution in [0.2, 0.25) is 0 Å². The molecule has 1 unspecified atom stereocenters. The lowest BCUT2D eigenvalue weighted by atomic mass is 9.94. The summed E-state index contributed by atoms with van der Waals surface area (Å²) in [5, 5.41) is 2.57. The van der Waals surface area contributed by atoms with Gasteiger partial charge in [-0.1, -0.05) is 61.7 Å². The first kappa shape index (κ1) is 14.4. The van der Waals surface area contributed by atoms with Crippen LogP contribution in [-0.2, 0) is 0 Å². The van der Waals surface area contributed by atoms with Crippen LogP contribution in [0.5, 0.6) is 0 Å². The molecule has 0 heteroatoms. The summed E-state index contributed by atoms with van der Waals surface area (Å²) in [5.74, 6) is 7.01. The Balaban J connectivity index is 2.25. The second-order valence-electron chi connectivity index (χ2n) is 5.11. The van der Waals surface area contributed by atoms with Gasteiger partial charge in [-0.05, 0) is 35.2 Å². The van der Waals surface area contributed by atoms with Gasteiger partial charge >= 0.3 is 0 Å². The first-order valence-electron chi connectivity index (χ1n) is 7.43. The van der Waals surface area contributed by atoms with Crippen molar-refractivity contribution in [2.24, 2.45) is 0 Å². The van der Waals surface area contributed by atoms with Crippen LogP contribution in [0.15, 0.2) is 55.1 Å². The molecule has 0 fully saturated rings. The highest BCUT2D eigenvalue weighted by Gasteiger charge is 2.07. The Morgan fingerprint density at radius 1 is 1.15 bits per heavy atom. The molecule has 0 bridgehead atoms. The molecule has 2 aromatic carbocycles. The van der Waals surface area contributed by atoms with E-state index in [2.05, 4.69) is 67.8 Å². The molecule has 0 radical (unpaired) electrons. The van der Waals surface area contributed by atoms with Gasteiger partial charge in [-0.25, -0.2) is 0 Å². The maximum Gasteiger partial charge on any atom is 0.0486 e. The molecule has 102 valence electrons. The molecule has 0 aliphatic rings. The smallest absolute Gasteiger partial charge is 0.0486 e. The van der Waals surface area contributed by atoms with Crippen LogP contribution in [0.1, 0.15) is 44.1 Å². The Labute approximate surface area is 122 Å². The van der Waals surface area contributed by atoms with Crippen molar-refractivity contribution < 1.29 is 0 Å². The number of allylic oxidation sites excluding steroid dienone is 1. The molecule has 0 aliphatic carbocycles. The minimum atomic E-state index is 0.272. The van der Waals surface area contributed by atoms with Crippen molar-refractivity contribution in [2.75, 3.05) is 0 Å². The number of fused-ring (bicyclic) bond motifs is 1. The number of benzene rings is 2. The van der Waals surface area contributed by atoms with Crippen molar-refractivity contribution in [1.82, 2.24) is 0 Å². The van der Waals surface area contributed by atoms with E-state index in [9.17, 15) is 0 Å². The summed E-state index contributed by atoms with van der Waals surface area (Å²) in [4.78, 5) is 0. The topological polar surface area (TPSA) is 0 Å². The lowest BCUT2D eigenvalue weighted by Crippen LogP contribution is -1.94. The van der Waals surface area contributed by atoms with Gasteiger partial charge in [-0.2, -0.15) is 0 Å². The molecule has 0 aromatic heterocycles. The third kappa shape index (κ3) is 3.75. The molecule has 0 heterocycles. The maximum atomic E-state index is 3.86. The molecule has 0 saturated heterocycles. The van der Waals surface area contributed by atoms with Gasteiger partial charge in [0.2, 0.25) is 0 Å². The molecule has 2 aromatic rings. The average Bonchev–Trinajstić information content (AvgIpc) is 2.50. The first-order valence-corrected chi connectivity index (χ1v) is 7.43. The molecule has 0 N–H and O–H groups in total. The Morgan fingerprint density at radius 2 is 1.95 bits per heavy atom. The van der Waals surface area contributed by atoms with Crippen LogP contribution in [0.4, 0.5) is 0 Å². The van der Waals surface area contributed by atoms with Gasteiger partial charge in [-0.3, -0.25) is 0 Å². The second-order valence-corrected chi connectivity index (χ2v) is 5.11. The molecule has 0 amide bonds. The van der Waals surface area contributed by atoms with Crippen molar-refractivity contribution in [3.63, 3.8) is 0 Å². The summed E-state index contributed by atoms with van der Waals surface area (Å²) in [6.45, 7) is 6.07. The van der Waals surface area contributed by atoms with E-state index in [4.69, 9.17) is 0 Å². The standard InChI is InChI=1S/C20H22/c1-3-5-6-7-11-17(10-4-2)20-15-14-18-12-8-9-13-19(18)16-20/h4,8-9,12-17H,2-3,5-6,10H2,1H3. The van der Waals surface area contributed by atoms with Crippen molar-refractivity contribution in [3.8, 4) is 11.8 Å². The third-order valence-electron chi connectivity index (χ3n) is 3.51. The largest absolute Gasteiger partial charge is 0.103 e. The fraction of sp³-hybridized carbons (Fsp3) is 0.300. The SMILES string of the molecule is C=CCC(C#CCCCC)c1ccc2ccccc2c1. The summed E-state index contributed by atoms with van der Waals surface area (Å²) < 4.78 is 0. The monoisotopic (exact) mass is 262 g/mol. The van der Waals surface area contributed by atoms with Crippen LogP contribution >= 0.6 is 0 Å². The highest BCUT2D eigenvalue weighted by atomic mass is 14.1. The molecule has 1 atom stereocenters. The van der Waals surface area contributed by atoms with E-state index in [1.54, 1.807) is 0 Å². The molecule has 2 rings (SSSR count). The number of unbranched alkanes of at least 4 members (excludes halogenated alkanes) is 2. The summed E-state index contributed by atoms with van der Waals surface area (Å²) in [6.07, 6.45) is 6.27. The van der Waals surface area contributed by atoms with Crippen molar-refractivity contribution >= 4 is 10.8 Å². The predicted molar refractivity (Wildman–Crippen MR) is 88.8 cm³/mol. The van der Waals surface area contributed by atoms with E-state index < -0.39 is 0 Å². The molecule has 0 nitrogen and oxygen atoms in total. The zero-order valence-electron chi connectivity index (χ0n) is 12.2. The Kier molecular flexibility index (Phi) is 5.44. The number of hydrogen-bond acceptors (Lipinski definition) is 0. The van der Waals surface area contributed by atoms with E-state index in [-0.39, 0.29) is 5.92 Å². The van der Waals surface area contributed by atoms with Gasteiger partial charge in [0.05, 0.1) is 0 Å². The van der Waals surface area contributed by atoms with E-state index in [0.29, 0.717) is 0 Å². The summed E-state index contributed by atoms with van der Waals surface area (Å²) in [5.41, 5.74) is 1.30. The Morgan fingerprint density at radius 3 is 2.70 bits per heavy atom. The Hall–Kier alpha value is -2.00. The van der Waals surface area contributed by atoms with Crippen molar-refractivity contribution in [2.45, 2.75) is 38.5 Å². The minimum Gasteiger partial charge on any atom is -0.103 e. The molecule has 0 spiro atoms. The zero-order valence-corrected chi connectivity index (χ0v) is 12.2. The van der Waals surface area contributed by atoms with Crippen molar-refractivity contribution in [1.29, 1.82) is 0 Å². The van der Waals surface area contributed by atoms with Crippen LogP contribution in [0.3, 0.4) is 0 Å². The van der Waals surface area contributed by atoms with Crippen molar-refractivity contribution in [3.05, 3.63) is 60.7 Å². The fourth-order valence-electron chi connectivity index (χ4n) is 2.33. The normalized spacial score (nSPS) is 11.7. The van der Waals surface area contributed by atoms with Gasteiger partial charge in [-0.15, -0.1) is 12.5 Å². The van der Waals surface area contributed by atoms with E-state index in [0.717, 1.165) is 12.8 Å². The summed E-state index contributed by atoms with van der Waals surface area (Å²) in [7, 11) is 0. The minimum absolute atomic E-state index is 0.272. The summed E-state index contributed by atoms with van der Waals surface area (Å²) in [6, 6.07) is 15.1. The van der Waals surface area contributed by atoms with E-state index >= 15 is 0 Å². The van der Waals surface area contributed by atoms with Crippen LogP contribution < -0.4 is 0 Å². The predicted octanol–water partition coefficient (Wildman–Crippen LogP) is 5.69. The zero-order chi connectivity index (χ0) is 14.2. The summed E-state index contributed by atoms with van der Waals surface area (Å²) >= 11 is 0. The van der Waals surface area contributed by atoms with Gasteiger partial charge in [0.1, 0.15) is 0 Å². The Bertz CT molecular complexity index is 625. The van der Waals surface area contributed by atoms with E-state index in [1.807, 2.05) is 6.08 Å². The average molecular weight is 262 g/mol. The second kappa shape index (κ2) is 7.56. The van der Waals surface area contributed by atoms with Gasteiger partial charge in [0.15, 0.2) is 0 Å². The maximum absolute atomic E-state index is 3.86. The van der Waals surface area contributed by atoms with Gasteiger partial charge in [0.25, 0.3) is 0 Å². The molecule has 20 heavy (non-hydrogen) atoms. The lowest BCUT2D eigenvalue weighted by molar-refractivity contribution is 0.823. The van der Waals surface area contributed by atoms with Gasteiger partial charge in [0, 0.05) is 12.3 Å². The lowest BCUT2D eigenvalue weighted by Gasteiger charge is -2.10. The number of hydrogen-bond donors (Lipinski definition) is 0. The molecular weight excluding hydrogens is 240 g/mol. The molecule has 0 aliphatic heterocycles. The van der Waals surface area contributed by atoms with Crippen LogP contribution in [0, 0.1) is 11.8 Å². The quantitative estimate of drug-likeness (QED) is 0.369. The van der Waals surface area contributed by atoms with Crippen LogP contribution in [-0.4, -0.2) is 0 Å². The molecule has 0 saturated carbocycles. The van der Waals surface area contributed by atoms with E-state index in [1.165, 1.54) is 29.2 Å². The van der Waals surface area contributed by atoms with Crippen LogP contribution in [0.25, 0.3) is 10.8 Å². The number of rotatable bonds is 5. The highest BCUT2D eigenvalue weighted by molar-refractivity contribution is 5.83. The first-order chi connectivity index (χ1) is 9.85. The molecular formula is C20H22. The highest BCUT2D eigenvalue weighted by Crippen LogP contribution is 2.24. The third-order valence-corrected chi connectivity index (χ3v) is 3.51.